The van der Waals surface area contributed by atoms with Gasteiger partial charge in [-0.3, -0.25) is 4.79 Å². The molecule has 0 bridgehead atoms. The predicted octanol–water partition coefficient (Wildman–Crippen LogP) is 6.11. The van der Waals surface area contributed by atoms with Crippen LogP contribution < -0.4 is 10.2 Å². The standard InChI is InChI=1S/C22H15ClN2O2S/c23-17-8-10-18(11-9-17)27-19-6-3-4-15(12-19)14-24-25-22(26)21-13-16-5-1-2-7-20(16)28-21/h1-14H,(H,25,26). The molecule has 0 saturated carbocycles. The van der Waals surface area contributed by atoms with Crippen LogP contribution in [0.4, 0.5) is 0 Å². The van der Waals surface area contributed by atoms with E-state index in [9.17, 15) is 4.79 Å². The molecule has 1 N–H and O–H groups in total. The van der Waals surface area contributed by atoms with E-state index in [1.807, 2.05) is 54.6 Å². The predicted molar refractivity (Wildman–Crippen MR) is 115 cm³/mol. The molecular formula is C22H15ClN2O2S. The Morgan fingerprint density at radius 1 is 0.964 bits per heavy atom. The van der Waals surface area contributed by atoms with Crippen LogP contribution in [0.25, 0.3) is 10.1 Å². The third-order valence-corrected chi connectivity index (χ3v) is 5.30. The van der Waals surface area contributed by atoms with E-state index < -0.39 is 0 Å². The topological polar surface area (TPSA) is 50.7 Å². The molecule has 0 saturated heterocycles. The van der Waals surface area contributed by atoms with Gasteiger partial charge in [-0.2, -0.15) is 5.10 Å². The van der Waals surface area contributed by atoms with Gasteiger partial charge < -0.3 is 4.74 Å². The van der Waals surface area contributed by atoms with Crippen LogP contribution in [0.3, 0.4) is 0 Å². The van der Waals surface area contributed by atoms with Crippen molar-refractivity contribution in [1.82, 2.24) is 5.43 Å². The third kappa shape index (κ3) is 4.39. The summed E-state index contributed by atoms with van der Waals surface area (Å²) in [6.07, 6.45) is 1.58. The molecule has 0 radical (unpaired) electrons. The minimum atomic E-state index is -0.231. The monoisotopic (exact) mass is 406 g/mol. The number of hydrogen-bond acceptors (Lipinski definition) is 4. The second kappa shape index (κ2) is 8.25. The van der Waals surface area contributed by atoms with Gasteiger partial charge in [0.05, 0.1) is 11.1 Å². The first-order chi connectivity index (χ1) is 13.7. The van der Waals surface area contributed by atoms with Crippen LogP contribution in [0.2, 0.25) is 5.02 Å². The zero-order chi connectivity index (χ0) is 19.3. The number of hydrazone groups is 1. The molecule has 0 fully saturated rings. The highest BCUT2D eigenvalue weighted by Gasteiger charge is 2.08. The van der Waals surface area contributed by atoms with E-state index in [2.05, 4.69) is 10.5 Å². The molecule has 4 nitrogen and oxygen atoms in total. The number of carbonyl (C=O) groups excluding carboxylic acids is 1. The van der Waals surface area contributed by atoms with E-state index in [4.69, 9.17) is 16.3 Å². The average Bonchev–Trinajstić information content (AvgIpc) is 3.14. The van der Waals surface area contributed by atoms with Crippen molar-refractivity contribution in [1.29, 1.82) is 0 Å². The summed E-state index contributed by atoms with van der Waals surface area (Å²) in [5.74, 6) is 1.13. The van der Waals surface area contributed by atoms with Crippen molar-refractivity contribution in [3.63, 3.8) is 0 Å². The van der Waals surface area contributed by atoms with Crippen LogP contribution in [-0.2, 0) is 0 Å². The molecule has 0 unspecified atom stereocenters. The largest absolute Gasteiger partial charge is 0.457 e. The van der Waals surface area contributed by atoms with E-state index >= 15 is 0 Å². The maximum Gasteiger partial charge on any atom is 0.281 e. The van der Waals surface area contributed by atoms with Gasteiger partial charge in [0.15, 0.2) is 0 Å². The summed E-state index contributed by atoms with van der Waals surface area (Å²) in [5.41, 5.74) is 3.38. The molecule has 3 aromatic carbocycles. The van der Waals surface area contributed by atoms with Crippen LogP contribution >= 0.6 is 22.9 Å². The molecule has 0 atom stereocenters. The van der Waals surface area contributed by atoms with Gasteiger partial charge in [-0.05, 0) is 59.5 Å². The van der Waals surface area contributed by atoms with Gasteiger partial charge in [-0.1, -0.05) is 41.9 Å². The molecule has 1 heterocycles. The first-order valence-corrected chi connectivity index (χ1v) is 9.72. The lowest BCUT2D eigenvalue weighted by Crippen LogP contribution is -2.16. The molecule has 138 valence electrons. The van der Waals surface area contributed by atoms with Crippen molar-refractivity contribution in [3.05, 3.63) is 94.3 Å². The molecule has 0 aliphatic rings. The maximum absolute atomic E-state index is 12.3. The molecule has 0 aliphatic carbocycles. The van der Waals surface area contributed by atoms with Crippen molar-refractivity contribution in [2.24, 2.45) is 5.10 Å². The second-order valence-electron chi connectivity index (χ2n) is 5.98. The van der Waals surface area contributed by atoms with Gasteiger partial charge in [-0.25, -0.2) is 5.43 Å². The number of fused-ring (bicyclic) bond motifs is 1. The van der Waals surface area contributed by atoms with E-state index in [1.54, 1.807) is 30.5 Å². The molecule has 1 amide bonds. The van der Waals surface area contributed by atoms with E-state index in [0.29, 0.717) is 21.4 Å². The van der Waals surface area contributed by atoms with Crippen LogP contribution in [0.5, 0.6) is 11.5 Å². The molecule has 4 rings (SSSR count). The van der Waals surface area contributed by atoms with Crippen molar-refractivity contribution in [2.75, 3.05) is 0 Å². The minimum Gasteiger partial charge on any atom is -0.457 e. The number of thiophene rings is 1. The summed E-state index contributed by atoms with van der Waals surface area (Å²) in [7, 11) is 0. The first-order valence-electron chi connectivity index (χ1n) is 8.53. The van der Waals surface area contributed by atoms with Gasteiger partial charge in [-0.15, -0.1) is 11.3 Å². The van der Waals surface area contributed by atoms with E-state index in [0.717, 1.165) is 15.6 Å². The van der Waals surface area contributed by atoms with Gasteiger partial charge in [0.2, 0.25) is 0 Å². The highest BCUT2D eigenvalue weighted by molar-refractivity contribution is 7.20. The van der Waals surface area contributed by atoms with Crippen molar-refractivity contribution >= 4 is 45.1 Å². The quantitative estimate of drug-likeness (QED) is 0.321. The van der Waals surface area contributed by atoms with E-state index in [1.165, 1.54) is 11.3 Å². The van der Waals surface area contributed by atoms with Gasteiger partial charge in [0.25, 0.3) is 5.91 Å². The lowest BCUT2D eigenvalue weighted by molar-refractivity contribution is 0.0959. The Morgan fingerprint density at radius 3 is 2.61 bits per heavy atom. The van der Waals surface area contributed by atoms with Crippen molar-refractivity contribution < 1.29 is 9.53 Å². The zero-order valence-electron chi connectivity index (χ0n) is 14.6. The normalized spacial score (nSPS) is 11.0. The summed E-state index contributed by atoms with van der Waals surface area (Å²) < 4.78 is 6.87. The summed E-state index contributed by atoms with van der Waals surface area (Å²) in [6.45, 7) is 0. The first kappa shape index (κ1) is 18.2. The molecule has 6 heteroatoms. The summed E-state index contributed by atoms with van der Waals surface area (Å²) in [5, 5.41) is 5.76. The van der Waals surface area contributed by atoms with Crippen LogP contribution in [0, 0.1) is 0 Å². The summed E-state index contributed by atoms with van der Waals surface area (Å²) >= 11 is 7.32. The number of amides is 1. The second-order valence-corrected chi connectivity index (χ2v) is 7.50. The van der Waals surface area contributed by atoms with Crippen molar-refractivity contribution in [2.45, 2.75) is 0 Å². The van der Waals surface area contributed by atoms with Gasteiger partial charge in [0.1, 0.15) is 11.5 Å². The Labute approximate surface area is 171 Å². The molecule has 1 aromatic heterocycles. The number of hydrogen-bond donors (Lipinski definition) is 1. The van der Waals surface area contributed by atoms with E-state index in [-0.39, 0.29) is 5.91 Å². The molecule has 28 heavy (non-hydrogen) atoms. The number of nitrogens with zero attached hydrogens (tertiary/aromatic N) is 1. The molecular weight excluding hydrogens is 392 g/mol. The Bertz CT molecular complexity index is 1120. The molecule has 0 spiro atoms. The molecule has 0 aliphatic heterocycles. The SMILES string of the molecule is O=C(NN=Cc1cccc(Oc2ccc(Cl)cc2)c1)c1cc2ccccc2s1. The fraction of sp³-hybridized carbons (Fsp3) is 0. The lowest BCUT2D eigenvalue weighted by atomic mass is 10.2. The number of halogens is 1. The summed E-state index contributed by atoms with van der Waals surface area (Å²) in [6, 6.07) is 24.3. The average molecular weight is 407 g/mol. The van der Waals surface area contributed by atoms with Gasteiger partial charge >= 0.3 is 0 Å². The zero-order valence-corrected chi connectivity index (χ0v) is 16.2. The Morgan fingerprint density at radius 2 is 1.79 bits per heavy atom. The Balaban J connectivity index is 1.41. The van der Waals surface area contributed by atoms with Crippen LogP contribution in [-0.4, -0.2) is 12.1 Å². The van der Waals surface area contributed by atoms with Gasteiger partial charge in [0, 0.05) is 9.72 Å². The number of carbonyl (C=O) groups is 1. The third-order valence-electron chi connectivity index (χ3n) is 3.94. The Hall–Kier alpha value is -3.15. The number of nitrogens with one attached hydrogen (secondary N) is 1. The number of ether oxygens (including phenoxy) is 1. The number of benzene rings is 3. The highest BCUT2D eigenvalue weighted by Crippen LogP contribution is 2.25. The van der Waals surface area contributed by atoms with Crippen LogP contribution in [0.1, 0.15) is 15.2 Å². The van der Waals surface area contributed by atoms with Crippen molar-refractivity contribution in [3.8, 4) is 11.5 Å². The smallest absolute Gasteiger partial charge is 0.281 e. The maximum atomic E-state index is 12.3. The highest BCUT2D eigenvalue weighted by atomic mass is 35.5. The Kier molecular flexibility index (Phi) is 5.37. The summed E-state index contributed by atoms with van der Waals surface area (Å²) in [4.78, 5) is 12.9. The van der Waals surface area contributed by atoms with Crippen LogP contribution in [0.15, 0.2) is 84.0 Å². The number of rotatable bonds is 5. The fourth-order valence-electron chi connectivity index (χ4n) is 2.61. The lowest BCUT2D eigenvalue weighted by Gasteiger charge is -2.06. The molecule has 4 aromatic rings. The fourth-order valence-corrected chi connectivity index (χ4v) is 3.69. The minimum absolute atomic E-state index is 0.231.